The standard InChI is InChI=1S/C22H20Br2N2O4/c1-29-17-5-3-15(23)11-7-21(9-13(11)17)19(27)26-22(20(28)25-21)8-12-14(10-22)18(30-2)6-4-16(12)24/h3-6H,7-10H2,1-2H3,(H,25,28)(H,26,27)/t21-,22-/m0/s1. The molecule has 1 fully saturated rings. The van der Waals surface area contributed by atoms with E-state index < -0.39 is 11.1 Å². The first-order valence-corrected chi connectivity index (χ1v) is 11.2. The van der Waals surface area contributed by atoms with Crippen LogP contribution < -0.4 is 20.1 Å². The third-order valence-corrected chi connectivity index (χ3v) is 8.08. The number of hydrogen-bond donors (Lipinski definition) is 2. The molecule has 30 heavy (non-hydrogen) atoms. The van der Waals surface area contributed by atoms with Crippen LogP contribution in [0.3, 0.4) is 0 Å². The van der Waals surface area contributed by atoms with Crippen molar-refractivity contribution < 1.29 is 19.1 Å². The van der Waals surface area contributed by atoms with Crippen molar-refractivity contribution in [3.05, 3.63) is 55.5 Å². The van der Waals surface area contributed by atoms with Gasteiger partial charge in [0.25, 0.3) is 0 Å². The van der Waals surface area contributed by atoms with E-state index in [0.717, 1.165) is 42.7 Å². The molecule has 0 saturated carbocycles. The molecular weight excluding hydrogens is 516 g/mol. The Labute approximate surface area is 191 Å². The molecule has 0 radical (unpaired) electrons. The molecular formula is C22H20Br2N2O4. The Hall–Kier alpha value is -2.06. The van der Waals surface area contributed by atoms with E-state index >= 15 is 0 Å². The van der Waals surface area contributed by atoms with E-state index in [4.69, 9.17) is 9.47 Å². The summed E-state index contributed by atoms with van der Waals surface area (Å²) < 4.78 is 12.8. The topological polar surface area (TPSA) is 76.7 Å². The van der Waals surface area contributed by atoms with Crippen molar-refractivity contribution >= 4 is 43.7 Å². The minimum atomic E-state index is -1.00. The van der Waals surface area contributed by atoms with Gasteiger partial charge in [0.1, 0.15) is 22.6 Å². The summed E-state index contributed by atoms with van der Waals surface area (Å²) in [5, 5.41) is 6.22. The van der Waals surface area contributed by atoms with Crippen LogP contribution in [0, 0.1) is 0 Å². The highest BCUT2D eigenvalue weighted by molar-refractivity contribution is 9.10. The second-order valence-electron chi connectivity index (χ2n) is 8.19. The van der Waals surface area contributed by atoms with Gasteiger partial charge < -0.3 is 20.1 Å². The average molecular weight is 536 g/mol. The molecule has 3 aliphatic rings. The lowest BCUT2D eigenvalue weighted by Crippen LogP contribution is -2.75. The van der Waals surface area contributed by atoms with Gasteiger partial charge in [0, 0.05) is 45.8 Å². The normalized spacial score (nSPS) is 26.4. The molecule has 2 aromatic carbocycles. The number of carbonyl (C=O) groups excluding carboxylic acids is 2. The third kappa shape index (κ3) is 2.66. The summed E-state index contributed by atoms with van der Waals surface area (Å²) in [6.45, 7) is 0. The van der Waals surface area contributed by atoms with Crippen LogP contribution in [-0.2, 0) is 35.3 Å². The molecule has 2 aromatic rings. The van der Waals surface area contributed by atoms with Crippen molar-refractivity contribution in [2.24, 2.45) is 0 Å². The maximum Gasteiger partial charge on any atom is 0.247 e. The molecule has 8 heteroatoms. The minimum absolute atomic E-state index is 0.157. The van der Waals surface area contributed by atoms with Gasteiger partial charge in [-0.3, -0.25) is 9.59 Å². The molecule has 2 atom stereocenters. The van der Waals surface area contributed by atoms with E-state index in [1.165, 1.54) is 0 Å². The molecule has 6 nitrogen and oxygen atoms in total. The summed E-state index contributed by atoms with van der Waals surface area (Å²) in [5.41, 5.74) is 1.91. The molecule has 2 spiro atoms. The third-order valence-electron chi connectivity index (χ3n) is 6.59. The molecule has 156 valence electrons. The highest BCUT2D eigenvalue weighted by Crippen LogP contribution is 2.45. The maximum atomic E-state index is 13.5. The van der Waals surface area contributed by atoms with Crippen LogP contribution >= 0.6 is 31.9 Å². The van der Waals surface area contributed by atoms with Gasteiger partial charge in [0.15, 0.2) is 0 Å². The minimum Gasteiger partial charge on any atom is -0.496 e. The van der Waals surface area contributed by atoms with Crippen molar-refractivity contribution in [2.45, 2.75) is 36.8 Å². The highest BCUT2D eigenvalue weighted by atomic mass is 79.9. The zero-order valence-corrected chi connectivity index (χ0v) is 19.7. The first kappa shape index (κ1) is 19.9. The Morgan fingerprint density at radius 2 is 1.07 bits per heavy atom. The fourth-order valence-electron chi connectivity index (χ4n) is 5.06. The van der Waals surface area contributed by atoms with Gasteiger partial charge >= 0.3 is 0 Å². The second-order valence-corrected chi connectivity index (χ2v) is 9.90. The zero-order valence-electron chi connectivity index (χ0n) is 16.5. The summed E-state index contributed by atoms with van der Waals surface area (Å²) >= 11 is 7.16. The largest absolute Gasteiger partial charge is 0.496 e. The van der Waals surface area contributed by atoms with Crippen molar-refractivity contribution in [2.75, 3.05) is 14.2 Å². The lowest BCUT2D eigenvalue weighted by Gasteiger charge is -2.43. The summed E-state index contributed by atoms with van der Waals surface area (Å²) in [6.07, 6.45) is 1.65. The summed E-state index contributed by atoms with van der Waals surface area (Å²) in [7, 11) is 3.23. The smallest absolute Gasteiger partial charge is 0.247 e. The molecule has 2 aliphatic carbocycles. The maximum absolute atomic E-state index is 13.5. The zero-order chi connectivity index (χ0) is 21.3. The van der Waals surface area contributed by atoms with E-state index in [2.05, 4.69) is 42.5 Å². The summed E-state index contributed by atoms with van der Waals surface area (Å²) in [5.74, 6) is 1.15. The Morgan fingerprint density at radius 3 is 1.43 bits per heavy atom. The van der Waals surface area contributed by atoms with Crippen molar-refractivity contribution in [3.8, 4) is 11.5 Å². The fourth-order valence-corrected chi connectivity index (χ4v) is 6.08. The molecule has 0 bridgehead atoms. The number of ether oxygens (including phenoxy) is 2. The lowest BCUT2D eigenvalue weighted by molar-refractivity contribution is -0.145. The Kier molecular flexibility index (Phi) is 4.45. The van der Waals surface area contributed by atoms with Crippen LogP contribution in [0.2, 0.25) is 0 Å². The molecule has 1 heterocycles. The van der Waals surface area contributed by atoms with Crippen molar-refractivity contribution in [1.29, 1.82) is 0 Å². The summed E-state index contributed by atoms with van der Waals surface area (Å²) in [4.78, 5) is 26.9. The van der Waals surface area contributed by atoms with Crippen molar-refractivity contribution in [3.63, 3.8) is 0 Å². The van der Waals surface area contributed by atoms with Crippen LogP contribution in [0.5, 0.6) is 11.5 Å². The van der Waals surface area contributed by atoms with Crippen LogP contribution in [0.25, 0.3) is 0 Å². The first-order valence-electron chi connectivity index (χ1n) is 9.66. The predicted molar refractivity (Wildman–Crippen MR) is 118 cm³/mol. The van der Waals surface area contributed by atoms with E-state index in [1.54, 1.807) is 14.2 Å². The molecule has 0 aromatic heterocycles. The van der Waals surface area contributed by atoms with Crippen LogP contribution in [0.4, 0.5) is 0 Å². The average Bonchev–Trinajstić information content (AvgIpc) is 3.29. The number of benzene rings is 2. The number of piperazine rings is 1. The summed E-state index contributed by atoms with van der Waals surface area (Å²) in [6, 6.07) is 7.59. The number of amides is 2. The number of carbonyl (C=O) groups is 2. The number of methoxy groups -OCH3 is 2. The van der Waals surface area contributed by atoms with E-state index in [1.807, 2.05) is 24.3 Å². The van der Waals surface area contributed by atoms with E-state index in [0.29, 0.717) is 25.7 Å². The molecule has 5 rings (SSSR count). The van der Waals surface area contributed by atoms with Crippen LogP contribution in [0.1, 0.15) is 22.3 Å². The van der Waals surface area contributed by atoms with Crippen LogP contribution in [0.15, 0.2) is 33.2 Å². The van der Waals surface area contributed by atoms with Gasteiger partial charge in [-0.25, -0.2) is 0 Å². The van der Waals surface area contributed by atoms with Gasteiger partial charge in [-0.15, -0.1) is 0 Å². The number of nitrogens with one attached hydrogen (secondary N) is 2. The van der Waals surface area contributed by atoms with Gasteiger partial charge in [-0.05, 0) is 35.4 Å². The van der Waals surface area contributed by atoms with Crippen molar-refractivity contribution in [1.82, 2.24) is 10.6 Å². The second kappa shape index (κ2) is 6.72. The molecule has 1 aliphatic heterocycles. The van der Waals surface area contributed by atoms with Gasteiger partial charge in [-0.2, -0.15) is 0 Å². The monoisotopic (exact) mass is 534 g/mol. The molecule has 0 unspecified atom stereocenters. The van der Waals surface area contributed by atoms with Crippen LogP contribution in [-0.4, -0.2) is 37.1 Å². The molecule has 2 N–H and O–H groups in total. The first-order chi connectivity index (χ1) is 14.3. The van der Waals surface area contributed by atoms with Gasteiger partial charge in [-0.1, -0.05) is 31.9 Å². The number of rotatable bonds is 2. The fraction of sp³-hybridized carbons (Fsp3) is 0.364. The Balaban J connectivity index is 1.49. The quantitative estimate of drug-likeness (QED) is 0.620. The SMILES string of the molecule is COc1ccc(Br)c2c1C[C@]1(C2)NC(=O)[C@@]2(Cc3c(Br)ccc(OC)c3C2)NC1=O. The van der Waals surface area contributed by atoms with Gasteiger partial charge in [0.2, 0.25) is 11.8 Å². The van der Waals surface area contributed by atoms with Gasteiger partial charge in [0.05, 0.1) is 14.2 Å². The predicted octanol–water partition coefficient (Wildman–Crippen LogP) is 2.85. The Morgan fingerprint density at radius 1 is 0.700 bits per heavy atom. The highest BCUT2D eigenvalue weighted by Gasteiger charge is 2.58. The Bertz CT molecular complexity index is 1030. The molecule has 1 saturated heterocycles. The molecule has 2 amide bonds. The number of fused-ring (bicyclic) bond motifs is 2. The lowest BCUT2D eigenvalue weighted by atomic mass is 9.83. The number of hydrogen-bond acceptors (Lipinski definition) is 4. The van der Waals surface area contributed by atoms with E-state index in [9.17, 15) is 9.59 Å². The van der Waals surface area contributed by atoms with E-state index in [-0.39, 0.29) is 11.8 Å². The number of halogens is 2.